The molecule has 3 N–H and O–H groups in total. The average Bonchev–Trinajstić information content (AvgIpc) is 2.93. The first-order chi connectivity index (χ1) is 12.5. The first kappa shape index (κ1) is 19.3. The van der Waals surface area contributed by atoms with Crippen LogP contribution in [0, 0.1) is 5.92 Å². The molecule has 26 heavy (non-hydrogen) atoms. The summed E-state index contributed by atoms with van der Waals surface area (Å²) in [6, 6.07) is 0. The second kappa shape index (κ2) is 8.50. The molecule has 2 heterocycles. The maximum atomic E-state index is 12.6. The molecule has 1 aromatic rings. The zero-order valence-corrected chi connectivity index (χ0v) is 16.9. The number of piperazine rings is 1. The number of ether oxygens (including phenoxy) is 1. The van der Waals surface area contributed by atoms with Gasteiger partial charge in [-0.1, -0.05) is 6.92 Å². The van der Waals surface area contributed by atoms with Gasteiger partial charge >= 0.3 is 5.97 Å². The van der Waals surface area contributed by atoms with E-state index < -0.39 is 0 Å². The number of anilines is 1. The minimum atomic E-state index is -0.301. The molecule has 1 atom stereocenters. The van der Waals surface area contributed by atoms with E-state index in [0.717, 1.165) is 51.0 Å². The summed E-state index contributed by atoms with van der Waals surface area (Å²) in [4.78, 5) is 29.2. The number of likely N-dealkylation sites (N-methyl/N-ethyl adjacent to an activating group) is 1. The zero-order chi connectivity index (χ0) is 18.7. The summed E-state index contributed by atoms with van der Waals surface area (Å²) >= 11 is 1.56. The van der Waals surface area contributed by atoms with Crippen molar-refractivity contribution in [3.8, 4) is 0 Å². The number of nitrogens with one attached hydrogen (secondary N) is 3. The van der Waals surface area contributed by atoms with Crippen LogP contribution in [0.2, 0.25) is 0 Å². The number of carbonyl (C=O) groups is 2. The average molecular weight is 382 g/mol. The van der Waals surface area contributed by atoms with Crippen molar-refractivity contribution in [2.75, 3.05) is 51.7 Å². The summed E-state index contributed by atoms with van der Waals surface area (Å²) < 4.78 is 5.27. The SMILES string of the molecule is CCOC(=O)c1c(NC(=O)C[NH+]2CC[NH+](C)CC2)sc2c1CC[C@@H](C)C2. The van der Waals surface area contributed by atoms with Crippen LogP contribution in [0.4, 0.5) is 5.00 Å². The molecule has 0 bridgehead atoms. The van der Waals surface area contributed by atoms with Crippen LogP contribution in [-0.4, -0.2) is 58.3 Å². The summed E-state index contributed by atoms with van der Waals surface area (Å²) in [5.41, 5.74) is 1.70. The third kappa shape index (κ3) is 4.45. The Kier molecular flexibility index (Phi) is 6.32. The first-order valence-electron chi connectivity index (χ1n) is 9.74. The lowest BCUT2D eigenvalue weighted by atomic mass is 9.88. The van der Waals surface area contributed by atoms with Crippen molar-refractivity contribution in [1.29, 1.82) is 0 Å². The molecule has 1 saturated heterocycles. The molecule has 0 aromatic carbocycles. The molecule has 2 aliphatic rings. The van der Waals surface area contributed by atoms with E-state index in [2.05, 4.69) is 19.3 Å². The standard InChI is InChI=1S/C19H29N3O3S/c1-4-25-19(24)17-14-6-5-13(2)11-15(14)26-18(17)20-16(23)12-22-9-7-21(3)8-10-22/h13H,4-12H2,1-3H3,(H,20,23)/p+2/t13-/m1/s1. The van der Waals surface area contributed by atoms with Gasteiger partial charge in [0.2, 0.25) is 0 Å². The van der Waals surface area contributed by atoms with Crippen molar-refractivity contribution in [2.45, 2.75) is 33.1 Å². The van der Waals surface area contributed by atoms with Crippen LogP contribution in [-0.2, 0) is 22.4 Å². The minimum Gasteiger partial charge on any atom is -0.462 e. The molecule has 7 heteroatoms. The molecule has 1 fully saturated rings. The van der Waals surface area contributed by atoms with E-state index in [1.165, 1.54) is 14.7 Å². The predicted octanol–water partition coefficient (Wildman–Crippen LogP) is -0.599. The number of quaternary nitrogens is 2. The molecule has 1 aromatic heterocycles. The van der Waals surface area contributed by atoms with Gasteiger partial charge in [-0.25, -0.2) is 4.79 Å². The minimum absolute atomic E-state index is 0.00301. The smallest absolute Gasteiger partial charge is 0.341 e. The third-order valence-corrected chi connectivity index (χ3v) is 6.64. The number of esters is 1. The Balaban J connectivity index is 1.73. The highest BCUT2D eigenvalue weighted by molar-refractivity contribution is 7.17. The second-order valence-electron chi connectivity index (χ2n) is 7.71. The highest BCUT2D eigenvalue weighted by Gasteiger charge is 2.30. The molecular weight excluding hydrogens is 350 g/mol. The van der Waals surface area contributed by atoms with Gasteiger partial charge in [0.15, 0.2) is 6.54 Å². The van der Waals surface area contributed by atoms with Gasteiger partial charge in [-0.3, -0.25) is 4.79 Å². The summed E-state index contributed by atoms with van der Waals surface area (Å²) in [6.45, 7) is 9.10. The number of amides is 1. The Hall–Kier alpha value is -1.44. The Labute approximate surface area is 159 Å². The first-order valence-corrected chi connectivity index (χ1v) is 10.6. The van der Waals surface area contributed by atoms with E-state index in [9.17, 15) is 9.59 Å². The fraction of sp³-hybridized carbons (Fsp3) is 0.684. The van der Waals surface area contributed by atoms with Crippen molar-refractivity contribution < 1.29 is 24.1 Å². The van der Waals surface area contributed by atoms with Crippen LogP contribution in [0.1, 0.15) is 41.1 Å². The molecule has 1 amide bonds. The molecule has 0 radical (unpaired) electrons. The molecule has 3 rings (SSSR count). The molecule has 1 aliphatic heterocycles. The highest BCUT2D eigenvalue weighted by Crippen LogP contribution is 2.40. The monoisotopic (exact) mass is 381 g/mol. The molecule has 144 valence electrons. The van der Waals surface area contributed by atoms with E-state index in [1.54, 1.807) is 11.3 Å². The quantitative estimate of drug-likeness (QED) is 0.597. The number of hydrogen-bond donors (Lipinski definition) is 3. The van der Waals surface area contributed by atoms with Crippen molar-refractivity contribution in [3.63, 3.8) is 0 Å². The van der Waals surface area contributed by atoms with E-state index in [0.29, 0.717) is 29.6 Å². The summed E-state index contributed by atoms with van der Waals surface area (Å²) in [5, 5.41) is 3.72. The van der Waals surface area contributed by atoms with Gasteiger partial charge in [-0.15, -0.1) is 11.3 Å². The lowest BCUT2D eigenvalue weighted by molar-refractivity contribution is -0.999. The van der Waals surface area contributed by atoms with Gasteiger partial charge in [0.25, 0.3) is 5.91 Å². The van der Waals surface area contributed by atoms with E-state index >= 15 is 0 Å². The van der Waals surface area contributed by atoms with E-state index in [1.807, 2.05) is 6.92 Å². The maximum absolute atomic E-state index is 12.6. The van der Waals surface area contributed by atoms with Crippen LogP contribution in [0.15, 0.2) is 0 Å². The van der Waals surface area contributed by atoms with E-state index in [4.69, 9.17) is 4.74 Å². The van der Waals surface area contributed by atoms with Crippen LogP contribution in [0.25, 0.3) is 0 Å². The Bertz CT molecular complexity index is 665. The normalized spacial score (nSPS) is 25.4. The Morgan fingerprint density at radius 3 is 2.69 bits per heavy atom. The molecule has 0 saturated carbocycles. The van der Waals surface area contributed by atoms with Gasteiger partial charge in [-0.05, 0) is 37.7 Å². The van der Waals surface area contributed by atoms with Crippen molar-refractivity contribution >= 4 is 28.2 Å². The molecular formula is C19H31N3O3S+2. The van der Waals surface area contributed by atoms with Gasteiger partial charge in [0.1, 0.15) is 31.2 Å². The number of carbonyl (C=O) groups excluding carboxylic acids is 2. The van der Waals surface area contributed by atoms with Crippen LogP contribution in [0.5, 0.6) is 0 Å². The maximum Gasteiger partial charge on any atom is 0.341 e. The fourth-order valence-corrected chi connectivity index (χ4v) is 5.28. The largest absolute Gasteiger partial charge is 0.462 e. The van der Waals surface area contributed by atoms with Crippen LogP contribution >= 0.6 is 11.3 Å². The zero-order valence-electron chi connectivity index (χ0n) is 16.1. The van der Waals surface area contributed by atoms with Crippen molar-refractivity contribution in [3.05, 3.63) is 16.0 Å². The Morgan fingerprint density at radius 1 is 1.27 bits per heavy atom. The Morgan fingerprint density at radius 2 is 2.00 bits per heavy atom. The molecule has 1 aliphatic carbocycles. The molecule has 0 spiro atoms. The number of fused-ring (bicyclic) bond motifs is 1. The highest BCUT2D eigenvalue weighted by atomic mass is 32.1. The van der Waals surface area contributed by atoms with Gasteiger partial charge in [0, 0.05) is 4.88 Å². The second-order valence-corrected chi connectivity index (χ2v) is 8.81. The van der Waals surface area contributed by atoms with E-state index in [-0.39, 0.29) is 11.9 Å². The molecule has 0 unspecified atom stereocenters. The fourth-order valence-electron chi connectivity index (χ4n) is 3.86. The van der Waals surface area contributed by atoms with Crippen molar-refractivity contribution in [1.82, 2.24) is 0 Å². The van der Waals surface area contributed by atoms with Crippen LogP contribution in [0.3, 0.4) is 0 Å². The number of rotatable bonds is 5. The lowest BCUT2D eigenvalue weighted by Crippen LogP contribution is -3.27. The number of hydrogen-bond acceptors (Lipinski definition) is 4. The van der Waals surface area contributed by atoms with Crippen LogP contribution < -0.4 is 15.1 Å². The van der Waals surface area contributed by atoms with Crippen molar-refractivity contribution in [2.24, 2.45) is 5.92 Å². The predicted molar refractivity (Wildman–Crippen MR) is 102 cm³/mol. The summed E-state index contributed by atoms with van der Waals surface area (Å²) in [7, 11) is 2.19. The summed E-state index contributed by atoms with van der Waals surface area (Å²) in [6.07, 6.45) is 2.95. The van der Waals surface area contributed by atoms with Gasteiger partial charge in [-0.2, -0.15) is 0 Å². The van der Waals surface area contributed by atoms with Gasteiger partial charge in [0.05, 0.1) is 19.2 Å². The topological polar surface area (TPSA) is 64.3 Å². The molecule has 6 nitrogen and oxygen atoms in total. The van der Waals surface area contributed by atoms with Gasteiger partial charge < -0.3 is 19.9 Å². The number of thiophene rings is 1. The lowest BCUT2D eigenvalue weighted by Gasteiger charge is -2.26. The summed E-state index contributed by atoms with van der Waals surface area (Å²) in [5.74, 6) is 0.319. The third-order valence-electron chi connectivity index (χ3n) is 5.47.